The summed E-state index contributed by atoms with van der Waals surface area (Å²) >= 11 is 7.41. The third-order valence-electron chi connectivity index (χ3n) is 4.13. The Morgan fingerprint density at radius 1 is 1.19 bits per heavy atom. The van der Waals surface area contributed by atoms with Crippen LogP contribution in [0.25, 0.3) is 17.1 Å². The Hall–Kier alpha value is -2.31. The summed E-state index contributed by atoms with van der Waals surface area (Å²) in [4.78, 5) is 11.9. The molecular formula is C19H16ClN3O2S. The predicted octanol–water partition coefficient (Wildman–Crippen LogP) is 4.30. The van der Waals surface area contributed by atoms with E-state index in [1.807, 2.05) is 54.0 Å². The zero-order valence-corrected chi connectivity index (χ0v) is 15.6. The van der Waals surface area contributed by atoms with Crippen LogP contribution >= 0.6 is 23.4 Å². The molecule has 1 aliphatic heterocycles. The smallest absolute Gasteiger partial charge is 0.319 e. The van der Waals surface area contributed by atoms with Gasteiger partial charge in [-0.05, 0) is 48.9 Å². The summed E-state index contributed by atoms with van der Waals surface area (Å²) in [7, 11) is 0. The maximum atomic E-state index is 11.9. The van der Waals surface area contributed by atoms with Gasteiger partial charge >= 0.3 is 5.97 Å². The van der Waals surface area contributed by atoms with E-state index in [4.69, 9.17) is 16.3 Å². The number of aryl methyl sites for hydroxylation is 1. The zero-order valence-electron chi connectivity index (χ0n) is 14.1. The first-order valence-electron chi connectivity index (χ1n) is 8.23. The van der Waals surface area contributed by atoms with Crippen molar-refractivity contribution in [2.75, 3.05) is 6.61 Å². The fourth-order valence-electron chi connectivity index (χ4n) is 2.84. The second-order valence-electron chi connectivity index (χ2n) is 6.05. The van der Waals surface area contributed by atoms with Crippen LogP contribution < -0.4 is 0 Å². The van der Waals surface area contributed by atoms with Crippen LogP contribution in [-0.4, -0.2) is 32.6 Å². The van der Waals surface area contributed by atoms with Crippen LogP contribution in [0.1, 0.15) is 12.0 Å². The van der Waals surface area contributed by atoms with Gasteiger partial charge in [-0.25, -0.2) is 0 Å². The average Bonchev–Trinajstić information content (AvgIpc) is 3.23. The number of thioether (sulfide) groups is 1. The van der Waals surface area contributed by atoms with Gasteiger partial charge in [0.1, 0.15) is 5.25 Å². The van der Waals surface area contributed by atoms with Crippen molar-refractivity contribution in [1.29, 1.82) is 0 Å². The monoisotopic (exact) mass is 385 g/mol. The van der Waals surface area contributed by atoms with Gasteiger partial charge in [0.2, 0.25) is 0 Å². The van der Waals surface area contributed by atoms with Gasteiger partial charge in [-0.2, -0.15) is 0 Å². The van der Waals surface area contributed by atoms with E-state index in [1.165, 1.54) is 11.8 Å². The van der Waals surface area contributed by atoms with Crippen molar-refractivity contribution in [3.05, 3.63) is 59.1 Å². The first-order chi connectivity index (χ1) is 12.6. The van der Waals surface area contributed by atoms with Crippen molar-refractivity contribution in [2.24, 2.45) is 0 Å². The van der Waals surface area contributed by atoms with Crippen molar-refractivity contribution in [1.82, 2.24) is 14.8 Å². The van der Waals surface area contributed by atoms with Gasteiger partial charge in [-0.1, -0.05) is 35.5 Å². The quantitative estimate of drug-likeness (QED) is 0.626. The minimum Gasteiger partial charge on any atom is -0.465 e. The number of hydrogen-bond acceptors (Lipinski definition) is 5. The van der Waals surface area contributed by atoms with Crippen molar-refractivity contribution < 1.29 is 9.53 Å². The summed E-state index contributed by atoms with van der Waals surface area (Å²) in [6.07, 6.45) is 0.681. The van der Waals surface area contributed by atoms with Crippen molar-refractivity contribution >= 4 is 29.3 Å². The Labute approximate surface area is 160 Å². The van der Waals surface area contributed by atoms with Crippen LogP contribution in [0.15, 0.2) is 53.7 Å². The van der Waals surface area contributed by atoms with Crippen molar-refractivity contribution in [3.8, 4) is 17.1 Å². The van der Waals surface area contributed by atoms with Crippen LogP contribution in [0.5, 0.6) is 0 Å². The summed E-state index contributed by atoms with van der Waals surface area (Å²) in [6.45, 7) is 2.50. The molecule has 26 heavy (non-hydrogen) atoms. The molecule has 0 N–H and O–H groups in total. The lowest BCUT2D eigenvalue weighted by molar-refractivity contribution is -0.137. The number of carbonyl (C=O) groups is 1. The molecule has 2 aromatic carbocycles. The number of rotatable bonds is 4. The highest BCUT2D eigenvalue weighted by Crippen LogP contribution is 2.33. The molecule has 1 aliphatic rings. The summed E-state index contributed by atoms with van der Waals surface area (Å²) in [5.41, 5.74) is 2.99. The third kappa shape index (κ3) is 3.34. The lowest BCUT2D eigenvalue weighted by Gasteiger charge is -2.12. The number of ether oxygens (including phenoxy) is 1. The summed E-state index contributed by atoms with van der Waals surface area (Å²) in [5.74, 6) is 0.517. The minimum atomic E-state index is -0.249. The fraction of sp³-hybridized carbons (Fsp3) is 0.211. The van der Waals surface area contributed by atoms with Crippen LogP contribution in [-0.2, 0) is 9.53 Å². The molecule has 7 heteroatoms. The Kier molecular flexibility index (Phi) is 4.70. The van der Waals surface area contributed by atoms with E-state index in [-0.39, 0.29) is 11.2 Å². The summed E-state index contributed by atoms with van der Waals surface area (Å²) in [5, 5.41) is 9.83. The second kappa shape index (κ2) is 7.13. The molecular weight excluding hydrogens is 370 g/mol. The Bertz CT molecular complexity index is 956. The summed E-state index contributed by atoms with van der Waals surface area (Å²) in [6, 6.07) is 15.6. The van der Waals surface area contributed by atoms with E-state index >= 15 is 0 Å². The van der Waals surface area contributed by atoms with Gasteiger partial charge in [0.25, 0.3) is 0 Å². The van der Waals surface area contributed by atoms with Gasteiger partial charge < -0.3 is 4.74 Å². The van der Waals surface area contributed by atoms with E-state index in [0.717, 1.165) is 16.8 Å². The molecule has 0 aliphatic carbocycles. The van der Waals surface area contributed by atoms with Gasteiger partial charge in [-0.15, -0.1) is 10.2 Å². The van der Waals surface area contributed by atoms with Gasteiger partial charge in [0.05, 0.1) is 6.61 Å². The van der Waals surface area contributed by atoms with E-state index in [2.05, 4.69) is 16.3 Å². The predicted molar refractivity (Wildman–Crippen MR) is 102 cm³/mol. The molecule has 3 aromatic rings. The molecule has 132 valence electrons. The number of hydrogen-bond donors (Lipinski definition) is 0. The first-order valence-corrected chi connectivity index (χ1v) is 9.49. The number of esters is 1. The van der Waals surface area contributed by atoms with E-state index in [1.54, 1.807) is 0 Å². The molecule has 0 radical (unpaired) electrons. The Balaban J connectivity index is 1.81. The second-order valence-corrected chi connectivity index (χ2v) is 7.66. The molecule has 0 spiro atoms. The van der Waals surface area contributed by atoms with Gasteiger partial charge in [-0.3, -0.25) is 9.36 Å². The highest BCUT2D eigenvalue weighted by molar-refractivity contribution is 8.00. The molecule has 1 fully saturated rings. The molecule has 1 atom stereocenters. The molecule has 4 rings (SSSR count). The first kappa shape index (κ1) is 17.1. The molecule has 0 amide bonds. The van der Waals surface area contributed by atoms with Crippen LogP contribution in [0.3, 0.4) is 0 Å². The number of carbonyl (C=O) groups excluding carboxylic acids is 1. The normalized spacial score (nSPS) is 16.7. The maximum Gasteiger partial charge on any atom is 0.319 e. The Morgan fingerprint density at radius 2 is 2.00 bits per heavy atom. The average molecular weight is 386 g/mol. The van der Waals surface area contributed by atoms with E-state index in [0.29, 0.717) is 29.0 Å². The van der Waals surface area contributed by atoms with E-state index < -0.39 is 0 Å². The highest BCUT2D eigenvalue weighted by atomic mass is 35.5. The summed E-state index contributed by atoms with van der Waals surface area (Å²) < 4.78 is 7.05. The maximum absolute atomic E-state index is 11.9. The molecule has 5 nitrogen and oxygen atoms in total. The van der Waals surface area contributed by atoms with Crippen molar-refractivity contribution in [2.45, 2.75) is 23.8 Å². The molecule has 1 unspecified atom stereocenters. The Morgan fingerprint density at radius 3 is 2.69 bits per heavy atom. The minimum absolute atomic E-state index is 0.193. The molecule has 1 saturated heterocycles. The lowest BCUT2D eigenvalue weighted by atomic mass is 10.2. The number of benzene rings is 2. The topological polar surface area (TPSA) is 57.0 Å². The zero-order chi connectivity index (χ0) is 18.1. The number of aromatic nitrogens is 3. The van der Waals surface area contributed by atoms with Gasteiger partial charge in [0, 0.05) is 22.7 Å². The fourth-order valence-corrected chi connectivity index (χ4v) is 3.99. The largest absolute Gasteiger partial charge is 0.465 e. The van der Waals surface area contributed by atoms with Crippen LogP contribution in [0.2, 0.25) is 5.02 Å². The SMILES string of the molecule is Cc1cccc(-n2c(SC3CCOC3=O)nnc2-c2ccc(Cl)cc2)c1. The number of nitrogens with zero attached hydrogens (tertiary/aromatic N) is 3. The highest BCUT2D eigenvalue weighted by Gasteiger charge is 2.30. The molecule has 1 aromatic heterocycles. The lowest BCUT2D eigenvalue weighted by Crippen LogP contribution is -2.11. The molecule has 0 saturated carbocycles. The standard InChI is InChI=1S/C19H16ClN3O2S/c1-12-3-2-4-15(11-12)23-17(13-5-7-14(20)8-6-13)21-22-19(23)26-16-9-10-25-18(16)24/h2-8,11,16H,9-10H2,1H3. The number of halogens is 1. The molecule has 2 heterocycles. The van der Waals surface area contributed by atoms with Crippen LogP contribution in [0, 0.1) is 6.92 Å². The number of cyclic esters (lactones) is 1. The van der Waals surface area contributed by atoms with Crippen LogP contribution in [0.4, 0.5) is 0 Å². The molecule has 0 bridgehead atoms. The van der Waals surface area contributed by atoms with E-state index in [9.17, 15) is 4.79 Å². The van der Waals surface area contributed by atoms with Gasteiger partial charge in [0.15, 0.2) is 11.0 Å². The third-order valence-corrected chi connectivity index (χ3v) is 5.57. The van der Waals surface area contributed by atoms with Crippen molar-refractivity contribution in [3.63, 3.8) is 0 Å².